The molecular formula is C30H29NO5. The first-order chi connectivity index (χ1) is 17.5. The molecule has 0 spiro atoms. The van der Waals surface area contributed by atoms with Crippen LogP contribution >= 0.6 is 0 Å². The summed E-state index contributed by atoms with van der Waals surface area (Å²) in [7, 11) is 0. The van der Waals surface area contributed by atoms with Crippen molar-refractivity contribution in [1.82, 2.24) is 4.90 Å². The minimum Gasteiger partial charge on any atom is -0.507 e. The highest BCUT2D eigenvalue weighted by molar-refractivity contribution is 6.46. The first-order valence-corrected chi connectivity index (χ1v) is 12.3. The molecule has 0 aromatic heterocycles. The lowest BCUT2D eigenvalue weighted by Gasteiger charge is -2.26. The molecule has 1 amide bonds. The highest BCUT2D eigenvalue weighted by Crippen LogP contribution is 2.41. The summed E-state index contributed by atoms with van der Waals surface area (Å²) in [4.78, 5) is 28.2. The summed E-state index contributed by atoms with van der Waals surface area (Å²) < 4.78 is 11.5. The zero-order chi connectivity index (χ0) is 25.2. The van der Waals surface area contributed by atoms with Crippen molar-refractivity contribution in [3.8, 4) is 11.5 Å². The van der Waals surface area contributed by atoms with E-state index in [4.69, 9.17) is 9.47 Å². The fourth-order valence-electron chi connectivity index (χ4n) is 5.02. The molecule has 2 unspecified atom stereocenters. The molecule has 1 fully saturated rings. The number of aliphatic hydroxyl groups is 1. The van der Waals surface area contributed by atoms with Crippen molar-refractivity contribution >= 4 is 17.4 Å². The van der Waals surface area contributed by atoms with Gasteiger partial charge in [0.25, 0.3) is 11.7 Å². The number of rotatable bonds is 7. The van der Waals surface area contributed by atoms with Crippen LogP contribution in [0.1, 0.15) is 42.1 Å². The predicted molar refractivity (Wildman–Crippen MR) is 137 cm³/mol. The summed E-state index contributed by atoms with van der Waals surface area (Å²) >= 11 is 0. The fraction of sp³-hybridized carbons (Fsp3) is 0.267. The molecule has 184 valence electrons. The number of carbonyl (C=O) groups excluding carboxylic acids is 2. The van der Waals surface area contributed by atoms with E-state index in [0.29, 0.717) is 36.4 Å². The maximum Gasteiger partial charge on any atom is 0.295 e. The number of carbonyl (C=O) groups is 2. The molecule has 2 heterocycles. The number of amides is 1. The van der Waals surface area contributed by atoms with Crippen LogP contribution in [0.25, 0.3) is 5.76 Å². The zero-order valence-corrected chi connectivity index (χ0v) is 20.4. The van der Waals surface area contributed by atoms with E-state index in [-0.39, 0.29) is 17.4 Å². The molecule has 3 aromatic rings. The summed E-state index contributed by atoms with van der Waals surface area (Å²) in [5.41, 5.74) is 3.34. The lowest BCUT2D eigenvalue weighted by molar-refractivity contribution is -0.139. The molecule has 2 aliphatic rings. The summed E-state index contributed by atoms with van der Waals surface area (Å²) in [6, 6.07) is 21.9. The number of aliphatic hydroxyl groups excluding tert-OH is 1. The molecule has 6 nitrogen and oxygen atoms in total. The second-order valence-electron chi connectivity index (χ2n) is 9.19. The van der Waals surface area contributed by atoms with Crippen molar-refractivity contribution in [2.75, 3.05) is 13.2 Å². The number of ketones is 1. The second kappa shape index (κ2) is 9.90. The van der Waals surface area contributed by atoms with Crippen LogP contribution in [-0.4, -0.2) is 41.0 Å². The number of hydrogen-bond donors (Lipinski definition) is 1. The Hall–Kier alpha value is -4.06. The molecule has 0 bridgehead atoms. The Labute approximate surface area is 210 Å². The molecule has 2 atom stereocenters. The second-order valence-corrected chi connectivity index (χ2v) is 9.19. The number of likely N-dealkylation sites (tertiary alicyclic amines) is 1. The Morgan fingerprint density at radius 3 is 2.64 bits per heavy atom. The number of hydrogen-bond acceptors (Lipinski definition) is 5. The molecule has 6 heteroatoms. The number of fused-ring (bicyclic) bond motifs is 1. The number of benzene rings is 3. The smallest absolute Gasteiger partial charge is 0.295 e. The third-order valence-corrected chi connectivity index (χ3v) is 6.68. The van der Waals surface area contributed by atoms with Gasteiger partial charge in [-0.25, -0.2) is 0 Å². The van der Waals surface area contributed by atoms with Gasteiger partial charge in [0.1, 0.15) is 23.4 Å². The van der Waals surface area contributed by atoms with Gasteiger partial charge in [-0.1, -0.05) is 42.5 Å². The topological polar surface area (TPSA) is 76.1 Å². The first kappa shape index (κ1) is 23.7. The Morgan fingerprint density at radius 1 is 1.06 bits per heavy atom. The van der Waals surface area contributed by atoms with Gasteiger partial charge in [0.2, 0.25) is 0 Å². The molecule has 0 saturated carbocycles. The molecular weight excluding hydrogens is 454 g/mol. The van der Waals surface area contributed by atoms with Crippen LogP contribution < -0.4 is 9.47 Å². The van der Waals surface area contributed by atoms with Crippen LogP contribution in [0.2, 0.25) is 0 Å². The quantitative estimate of drug-likeness (QED) is 0.288. The lowest BCUT2D eigenvalue weighted by atomic mass is 9.94. The number of Topliss-reactive ketones (excluding diaryl/α,β-unsaturated/α-hetero) is 1. The van der Waals surface area contributed by atoms with Crippen molar-refractivity contribution in [2.45, 2.75) is 38.8 Å². The largest absolute Gasteiger partial charge is 0.507 e. The highest BCUT2D eigenvalue weighted by atomic mass is 16.5. The van der Waals surface area contributed by atoms with Crippen LogP contribution in [0.5, 0.6) is 11.5 Å². The molecule has 36 heavy (non-hydrogen) atoms. The maximum absolute atomic E-state index is 13.4. The van der Waals surface area contributed by atoms with Crippen molar-refractivity contribution in [2.24, 2.45) is 0 Å². The SMILES string of the molecule is CCOc1cccc(C2C(=C(O)c3ccc4c(c3)CC(C)O4)C(=O)C(=O)N2CCc2ccccc2)c1. The van der Waals surface area contributed by atoms with E-state index in [1.165, 1.54) is 0 Å². The minimum atomic E-state index is -0.724. The van der Waals surface area contributed by atoms with Gasteiger partial charge in [-0.15, -0.1) is 0 Å². The number of ether oxygens (including phenoxy) is 2. The van der Waals surface area contributed by atoms with Gasteiger partial charge in [0, 0.05) is 18.5 Å². The molecule has 1 N–H and O–H groups in total. The molecule has 5 rings (SSSR count). The van der Waals surface area contributed by atoms with E-state index in [1.54, 1.807) is 11.0 Å². The van der Waals surface area contributed by atoms with E-state index in [9.17, 15) is 14.7 Å². The van der Waals surface area contributed by atoms with Gasteiger partial charge >= 0.3 is 0 Å². The average molecular weight is 484 g/mol. The number of nitrogens with zero attached hydrogens (tertiary/aromatic N) is 1. The van der Waals surface area contributed by atoms with Gasteiger partial charge in [0.05, 0.1) is 18.2 Å². The van der Waals surface area contributed by atoms with E-state index >= 15 is 0 Å². The van der Waals surface area contributed by atoms with Crippen LogP contribution in [0.3, 0.4) is 0 Å². The van der Waals surface area contributed by atoms with Crippen LogP contribution in [0.4, 0.5) is 0 Å². The zero-order valence-electron chi connectivity index (χ0n) is 20.4. The normalized spacial score (nSPS) is 20.3. The van der Waals surface area contributed by atoms with Gasteiger partial charge in [0.15, 0.2) is 0 Å². The van der Waals surface area contributed by atoms with E-state index < -0.39 is 17.7 Å². The Kier molecular flexibility index (Phi) is 6.51. The third kappa shape index (κ3) is 4.47. The predicted octanol–water partition coefficient (Wildman–Crippen LogP) is 5.07. The summed E-state index contributed by atoms with van der Waals surface area (Å²) in [5.74, 6) is -0.0460. The monoisotopic (exact) mass is 483 g/mol. The highest BCUT2D eigenvalue weighted by Gasteiger charge is 2.46. The fourth-order valence-corrected chi connectivity index (χ4v) is 5.02. The maximum atomic E-state index is 13.4. The van der Waals surface area contributed by atoms with Gasteiger partial charge < -0.3 is 19.5 Å². The molecule has 0 aliphatic carbocycles. The summed E-state index contributed by atoms with van der Waals surface area (Å²) in [6.07, 6.45) is 1.37. The van der Waals surface area contributed by atoms with Crippen molar-refractivity contribution < 1.29 is 24.2 Å². The van der Waals surface area contributed by atoms with Crippen LogP contribution in [0, 0.1) is 0 Å². The standard InChI is InChI=1S/C30H29NO5/c1-3-35-24-11-7-10-21(18-24)27-26(28(32)22-12-13-25-23(17-22)16-19(2)36-25)29(33)30(34)31(27)15-14-20-8-5-4-6-9-20/h4-13,17-19,27,32H,3,14-16H2,1-2H3. The Bertz CT molecular complexity index is 1330. The first-order valence-electron chi connectivity index (χ1n) is 12.3. The molecule has 3 aromatic carbocycles. The van der Waals surface area contributed by atoms with Gasteiger partial charge in [-0.05, 0) is 67.3 Å². The Balaban J connectivity index is 1.58. The van der Waals surface area contributed by atoms with Crippen molar-refractivity contribution in [1.29, 1.82) is 0 Å². The summed E-state index contributed by atoms with van der Waals surface area (Å²) in [6.45, 7) is 4.72. The molecule has 0 radical (unpaired) electrons. The summed E-state index contributed by atoms with van der Waals surface area (Å²) in [5, 5.41) is 11.4. The molecule has 2 aliphatic heterocycles. The average Bonchev–Trinajstić information content (AvgIpc) is 3.38. The minimum absolute atomic E-state index is 0.0577. The van der Waals surface area contributed by atoms with E-state index in [1.807, 2.05) is 80.6 Å². The Morgan fingerprint density at radius 2 is 1.86 bits per heavy atom. The van der Waals surface area contributed by atoms with Crippen LogP contribution in [0.15, 0.2) is 78.4 Å². The van der Waals surface area contributed by atoms with E-state index in [2.05, 4.69) is 0 Å². The molecule has 1 saturated heterocycles. The third-order valence-electron chi connectivity index (χ3n) is 6.68. The van der Waals surface area contributed by atoms with Crippen molar-refractivity contribution in [3.05, 3.63) is 101 Å². The lowest BCUT2D eigenvalue weighted by Crippen LogP contribution is -2.31. The van der Waals surface area contributed by atoms with Gasteiger partial charge in [-0.3, -0.25) is 9.59 Å². The van der Waals surface area contributed by atoms with E-state index in [0.717, 1.165) is 23.3 Å². The van der Waals surface area contributed by atoms with Crippen LogP contribution in [-0.2, 0) is 22.4 Å². The van der Waals surface area contributed by atoms with Gasteiger partial charge in [-0.2, -0.15) is 0 Å². The van der Waals surface area contributed by atoms with Crippen molar-refractivity contribution in [3.63, 3.8) is 0 Å².